The molecule has 2 spiro atoms. The Morgan fingerprint density at radius 2 is 1.61 bits per heavy atom. The summed E-state index contributed by atoms with van der Waals surface area (Å²) in [6, 6.07) is 14.0. The largest absolute Gasteiger partial charge is 0.325 e. The molecule has 4 aliphatic heterocycles. The van der Waals surface area contributed by atoms with E-state index in [9.17, 15) is 28.8 Å². The fraction of sp³-hybridized carbons (Fsp3) is 0.469. The van der Waals surface area contributed by atoms with Gasteiger partial charge in [-0.15, -0.1) is 0 Å². The smallest absolute Gasteiger partial charge is 0.255 e. The molecule has 4 heterocycles. The molecule has 0 radical (unpaired) electrons. The number of nitrogens with one attached hydrogen (secondary N) is 3. The topological polar surface area (TPSA) is 142 Å². The number of imide groups is 1. The van der Waals surface area contributed by atoms with Crippen LogP contribution in [-0.2, 0) is 35.9 Å². The minimum atomic E-state index is -1.26. The summed E-state index contributed by atoms with van der Waals surface area (Å²) >= 11 is 12.8. The van der Waals surface area contributed by atoms with Crippen molar-refractivity contribution in [2.75, 3.05) is 5.32 Å². The second-order valence-corrected chi connectivity index (χ2v) is 19.0. The van der Waals surface area contributed by atoms with Crippen LogP contribution in [0.3, 0.4) is 0 Å². The standard InChI is InChI=1S/C49H49Cl2FN4O6/c50-31-18-19-36-38(26-31)53-47(62)49(36)42(34-12-7-13-37(51)43(34)52)44(55-48(49)22-4-1-5-23-48)40(58)25-29-16-14-28(15-17-29)24-32(57)10-3-2-8-30-9-6-11-33-35(30)27-56(46(33)61)39-20-21-41(59)54-45(39)60/h6-7,9,11-13,18-19,26,28-29,39,42,44,55H,1,3-5,10,14-17,20-25,27H2,(H,53,62)(H,54,59,60)/t28?,29?,39?,42-,44-,49+/m0/s1. The number of carbonyl (C=O) groups excluding carboxylic acids is 6. The molecule has 322 valence electrons. The Hall–Kier alpha value is -4.89. The van der Waals surface area contributed by atoms with Crippen LogP contribution in [0.15, 0.2) is 54.6 Å². The monoisotopic (exact) mass is 878 g/mol. The van der Waals surface area contributed by atoms with Crippen molar-refractivity contribution in [3.8, 4) is 11.8 Å². The molecular weight excluding hydrogens is 830 g/mol. The van der Waals surface area contributed by atoms with Gasteiger partial charge in [-0.1, -0.05) is 78.6 Å². The number of Topliss-reactive ketones (excluding diaryl/α,β-unsaturated/α-hetero) is 2. The molecule has 4 atom stereocenters. The zero-order valence-electron chi connectivity index (χ0n) is 34.4. The average Bonchev–Trinajstić information content (AvgIpc) is 3.85. The lowest BCUT2D eigenvalue weighted by Gasteiger charge is -2.47. The maximum atomic E-state index is 16.3. The van der Waals surface area contributed by atoms with Crippen molar-refractivity contribution in [1.29, 1.82) is 0 Å². The first kappa shape index (κ1) is 42.4. The van der Waals surface area contributed by atoms with E-state index in [4.69, 9.17) is 23.2 Å². The second kappa shape index (κ2) is 17.0. The molecule has 3 aromatic carbocycles. The van der Waals surface area contributed by atoms with E-state index in [1.54, 1.807) is 36.4 Å². The molecule has 9 rings (SSSR count). The maximum Gasteiger partial charge on any atom is 0.255 e. The van der Waals surface area contributed by atoms with Gasteiger partial charge in [0, 0.05) is 71.9 Å². The highest BCUT2D eigenvalue weighted by atomic mass is 35.5. The minimum Gasteiger partial charge on any atom is -0.325 e. The van der Waals surface area contributed by atoms with Crippen LogP contribution < -0.4 is 16.0 Å². The fourth-order valence-corrected chi connectivity index (χ4v) is 12.2. The number of hydrogen-bond acceptors (Lipinski definition) is 7. The SMILES string of the molecule is O=C(CCC#Cc1cccc2c1CN(C1CCC(=O)NC1=O)C2=O)CC1CCC(CC(=O)[C@@H]2NC3(CCCCC3)[C@@]3(C(=O)Nc4cc(Cl)ccc43)[C@H]2c2cccc(Cl)c2F)CC1. The molecule has 2 saturated heterocycles. The van der Waals surface area contributed by atoms with Crippen molar-refractivity contribution in [2.24, 2.45) is 11.8 Å². The van der Waals surface area contributed by atoms with E-state index in [1.807, 2.05) is 12.1 Å². The van der Waals surface area contributed by atoms with Gasteiger partial charge in [-0.05, 0) is 104 Å². The molecule has 0 bridgehead atoms. The molecule has 0 aromatic heterocycles. The third-order valence-electron chi connectivity index (χ3n) is 14.7. The fourth-order valence-electron chi connectivity index (χ4n) is 11.8. The molecule has 4 fully saturated rings. The summed E-state index contributed by atoms with van der Waals surface area (Å²) in [6.45, 7) is 0.236. The van der Waals surface area contributed by atoms with Crippen molar-refractivity contribution in [2.45, 2.75) is 132 Å². The maximum absolute atomic E-state index is 16.3. The lowest BCUT2D eigenvalue weighted by atomic mass is 9.55. The molecule has 1 unspecified atom stereocenters. The van der Waals surface area contributed by atoms with Crippen molar-refractivity contribution >= 4 is 64.1 Å². The number of benzene rings is 3. The quantitative estimate of drug-likeness (QED) is 0.146. The van der Waals surface area contributed by atoms with E-state index in [-0.39, 0.29) is 77.5 Å². The Kier molecular flexibility index (Phi) is 11.6. The Morgan fingerprint density at radius 3 is 2.37 bits per heavy atom. The highest BCUT2D eigenvalue weighted by Gasteiger charge is 2.72. The zero-order chi connectivity index (χ0) is 43.3. The summed E-state index contributed by atoms with van der Waals surface area (Å²) in [7, 11) is 0. The number of anilines is 1. The summed E-state index contributed by atoms with van der Waals surface area (Å²) in [5, 5.41) is 9.59. The Bertz CT molecular complexity index is 2450. The van der Waals surface area contributed by atoms with Crippen LogP contribution in [0.25, 0.3) is 0 Å². The number of amides is 4. The molecule has 4 amide bonds. The molecule has 62 heavy (non-hydrogen) atoms. The number of halogens is 3. The third-order valence-corrected chi connectivity index (χ3v) is 15.2. The highest BCUT2D eigenvalue weighted by molar-refractivity contribution is 6.31. The number of nitrogens with zero attached hydrogens (tertiary/aromatic N) is 1. The molecule has 13 heteroatoms. The van der Waals surface area contributed by atoms with Crippen LogP contribution in [0, 0.1) is 29.5 Å². The number of ketones is 2. The number of piperidine rings is 1. The first-order valence-electron chi connectivity index (χ1n) is 22.0. The first-order valence-corrected chi connectivity index (χ1v) is 22.8. The number of hydrogen-bond donors (Lipinski definition) is 3. The molecule has 3 aromatic rings. The molecule has 2 saturated carbocycles. The van der Waals surface area contributed by atoms with Gasteiger partial charge in [-0.25, -0.2) is 4.39 Å². The van der Waals surface area contributed by atoms with Gasteiger partial charge >= 0.3 is 0 Å². The Morgan fingerprint density at radius 1 is 0.871 bits per heavy atom. The van der Waals surface area contributed by atoms with E-state index < -0.39 is 40.7 Å². The Labute approximate surface area is 370 Å². The zero-order valence-corrected chi connectivity index (χ0v) is 35.9. The van der Waals surface area contributed by atoms with Gasteiger partial charge in [-0.2, -0.15) is 0 Å². The number of rotatable bonds is 9. The van der Waals surface area contributed by atoms with Crippen LogP contribution >= 0.6 is 23.2 Å². The second-order valence-electron chi connectivity index (χ2n) is 18.2. The van der Waals surface area contributed by atoms with Gasteiger partial charge in [0.2, 0.25) is 17.7 Å². The van der Waals surface area contributed by atoms with Gasteiger partial charge in [-0.3, -0.25) is 39.4 Å². The van der Waals surface area contributed by atoms with Gasteiger partial charge in [0.15, 0.2) is 5.78 Å². The van der Waals surface area contributed by atoms with Gasteiger partial charge in [0.05, 0.1) is 11.1 Å². The molecular formula is C49H49Cl2FN4O6. The highest BCUT2D eigenvalue weighted by Crippen LogP contribution is 2.63. The lowest BCUT2D eigenvalue weighted by Crippen LogP contribution is -2.60. The number of carbonyl (C=O) groups is 6. The molecule has 2 aliphatic carbocycles. The van der Waals surface area contributed by atoms with Crippen LogP contribution in [0.1, 0.15) is 135 Å². The minimum absolute atomic E-state index is 0.0402. The van der Waals surface area contributed by atoms with Crippen LogP contribution in [-0.4, -0.2) is 57.7 Å². The van der Waals surface area contributed by atoms with E-state index in [0.29, 0.717) is 53.9 Å². The predicted molar refractivity (Wildman–Crippen MR) is 232 cm³/mol. The molecule has 3 N–H and O–H groups in total. The van der Waals surface area contributed by atoms with Crippen LogP contribution in [0.4, 0.5) is 10.1 Å². The number of fused-ring (bicyclic) bond motifs is 4. The van der Waals surface area contributed by atoms with Gasteiger partial charge < -0.3 is 10.2 Å². The lowest BCUT2D eigenvalue weighted by molar-refractivity contribution is -0.137. The van der Waals surface area contributed by atoms with Gasteiger partial charge in [0.1, 0.15) is 23.1 Å². The van der Waals surface area contributed by atoms with E-state index in [2.05, 4.69) is 27.8 Å². The first-order chi connectivity index (χ1) is 29.9. The molecule has 10 nitrogen and oxygen atoms in total. The molecule has 6 aliphatic rings. The van der Waals surface area contributed by atoms with E-state index >= 15 is 4.39 Å². The third kappa shape index (κ3) is 7.36. The summed E-state index contributed by atoms with van der Waals surface area (Å²) in [6.07, 6.45) is 9.17. The van der Waals surface area contributed by atoms with Crippen molar-refractivity contribution in [1.82, 2.24) is 15.5 Å². The summed E-state index contributed by atoms with van der Waals surface area (Å²) < 4.78 is 16.3. The van der Waals surface area contributed by atoms with Crippen LogP contribution in [0.2, 0.25) is 10.0 Å². The normalized spacial score (nSPS) is 27.4. The van der Waals surface area contributed by atoms with E-state index in [1.165, 1.54) is 11.0 Å². The summed E-state index contributed by atoms with van der Waals surface area (Å²) in [4.78, 5) is 81.4. The predicted octanol–water partition coefficient (Wildman–Crippen LogP) is 8.10. The summed E-state index contributed by atoms with van der Waals surface area (Å²) in [5.74, 6) is 3.91. The Balaban J connectivity index is 0.839. The van der Waals surface area contributed by atoms with Crippen molar-refractivity contribution in [3.05, 3.63) is 98.3 Å². The van der Waals surface area contributed by atoms with Crippen LogP contribution in [0.5, 0.6) is 0 Å². The van der Waals surface area contributed by atoms with Crippen molar-refractivity contribution in [3.63, 3.8) is 0 Å². The summed E-state index contributed by atoms with van der Waals surface area (Å²) in [5.41, 5.74) is 1.47. The van der Waals surface area contributed by atoms with Gasteiger partial charge in [0.25, 0.3) is 5.91 Å². The average molecular weight is 880 g/mol. The van der Waals surface area contributed by atoms with E-state index in [0.717, 1.165) is 56.1 Å². The van der Waals surface area contributed by atoms with Crippen molar-refractivity contribution < 1.29 is 33.2 Å².